The number of para-hydroxylation sites is 1. The van der Waals surface area contributed by atoms with Gasteiger partial charge in [0, 0.05) is 5.39 Å². The number of fused-ring (bicyclic) bond motifs is 1. The van der Waals surface area contributed by atoms with Crippen LogP contribution in [0.4, 0.5) is 0 Å². The number of carbonyl (C=O) groups excluding carboxylic acids is 1. The van der Waals surface area contributed by atoms with Crippen LogP contribution >= 0.6 is 0 Å². The minimum absolute atomic E-state index is 0.0126. The Hall–Kier alpha value is -1.81. The fourth-order valence-electron chi connectivity index (χ4n) is 1.96. The van der Waals surface area contributed by atoms with Gasteiger partial charge < -0.3 is 15.1 Å². The van der Waals surface area contributed by atoms with Crippen molar-refractivity contribution >= 4 is 16.9 Å². The van der Waals surface area contributed by atoms with Crippen LogP contribution in [0.2, 0.25) is 0 Å². The molecule has 0 fully saturated rings. The number of carbonyl (C=O) groups is 1. The minimum Gasteiger partial charge on any atom is -0.459 e. The number of nitrogens with one attached hydrogen (secondary N) is 2. The maximum absolute atomic E-state index is 11.7. The van der Waals surface area contributed by atoms with E-state index in [2.05, 4.69) is 17.6 Å². The van der Waals surface area contributed by atoms with Crippen molar-refractivity contribution in [3.05, 3.63) is 36.1 Å². The standard InChI is InChI=1S/C15H20N2O2/c1-3-8-16-10-15(18)17-11(2)14-9-12-6-4-5-7-13(12)19-14/h4-7,9,11,16H,3,8,10H2,1-2H3,(H,17,18). The summed E-state index contributed by atoms with van der Waals surface area (Å²) in [7, 11) is 0. The molecule has 102 valence electrons. The molecule has 4 heteroatoms. The maximum Gasteiger partial charge on any atom is 0.234 e. The first-order valence-electron chi connectivity index (χ1n) is 6.69. The average molecular weight is 260 g/mol. The van der Waals surface area contributed by atoms with E-state index in [-0.39, 0.29) is 11.9 Å². The normalized spacial score (nSPS) is 12.5. The fourth-order valence-corrected chi connectivity index (χ4v) is 1.96. The highest BCUT2D eigenvalue weighted by molar-refractivity contribution is 5.80. The van der Waals surface area contributed by atoms with E-state index in [0.29, 0.717) is 6.54 Å². The zero-order valence-electron chi connectivity index (χ0n) is 11.4. The van der Waals surface area contributed by atoms with Gasteiger partial charge in [0.1, 0.15) is 11.3 Å². The lowest BCUT2D eigenvalue weighted by Crippen LogP contribution is -2.35. The van der Waals surface area contributed by atoms with Crippen molar-refractivity contribution < 1.29 is 9.21 Å². The Morgan fingerprint density at radius 1 is 1.37 bits per heavy atom. The van der Waals surface area contributed by atoms with Crippen molar-refractivity contribution in [3.8, 4) is 0 Å². The molecule has 0 aliphatic heterocycles. The Balaban J connectivity index is 1.95. The first kappa shape index (κ1) is 13.6. The summed E-state index contributed by atoms with van der Waals surface area (Å²) in [4.78, 5) is 11.7. The average Bonchev–Trinajstić information content (AvgIpc) is 2.83. The second-order valence-corrected chi connectivity index (χ2v) is 4.65. The van der Waals surface area contributed by atoms with E-state index in [9.17, 15) is 4.79 Å². The van der Waals surface area contributed by atoms with Gasteiger partial charge in [0.15, 0.2) is 0 Å². The molecule has 1 aromatic carbocycles. The van der Waals surface area contributed by atoms with Crippen LogP contribution in [0.15, 0.2) is 34.7 Å². The van der Waals surface area contributed by atoms with Gasteiger partial charge in [-0.15, -0.1) is 0 Å². The van der Waals surface area contributed by atoms with Gasteiger partial charge in [0.05, 0.1) is 12.6 Å². The number of benzene rings is 1. The molecule has 4 nitrogen and oxygen atoms in total. The molecule has 2 rings (SSSR count). The van der Waals surface area contributed by atoms with Gasteiger partial charge in [-0.25, -0.2) is 0 Å². The van der Waals surface area contributed by atoms with E-state index < -0.39 is 0 Å². The van der Waals surface area contributed by atoms with Crippen LogP contribution in [0.5, 0.6) is 0 Å². The van der Waals surface area contributed by atoms with Crippen LogP contribution in [0.25, 0.3) is 11.0 Å². The Kier molecular flexibility index (Phi) is 4.58. The van der Waals surface area contributed by atoms with Crippen LogP contribution in [-0.4, -0.2) is 19.0 Å². The van der Waals surface area contributed by atoms with E-state index in [1.807, 2.05) is 37.3 Å². The van der Waals surface area contributed by atoms with Crippen LogP contribution in [-0.2, 0) is 4.79 Å². The Labute approximate surface area is 113 Å². The lowest BCUT2D eigenvalue weighted by molar-refractivity contribution is -0.121. The number of hydrogen-bond acceptors (Lipinski definition) is 3. The van der Waals surface area contributed by atoms with Gasteiger partial charge in [-0.2, -0.15) is 0 Å². The van der Waals surface area contributed by atoms with E-state index in [1.54, 1.807) is 0 Å². The lowest BCUT2D eigenvalue weighted by atomic mass is 10.2. The van der Waals surface area contributed by atoms with Crippen molar-refractivity contribution in [2.24, 2.45) is 0 Å². The molecule has 0 bridgehead atoms. The smallest absolute Gasteiger partial charge is 0.234 e. The molecule has 1 heterocycles. The van der Waals surface area contributed by atoms with Crippen molar-refractivity contribution in [2.75, 3.05) is 13.1 Å². The highest BCUT2D eigenvalue weighted by atomic mass is 16.3. The minimum atomic E-state index is -0.122. The van der Waals surface area contributed by atoms with Crippen molar-refractivity contribution in [2.45, 2.75) is 26.3 Å². The Bertz CT molecular complexity index is 515. The van der Waals surface area contributed by atoms with Crippen molar-refractivity contribution in [1.29, 1.82) is 0 Å². The van der Waals surface area contributed by atoms with E-state index in [4.69, 9.17) is 4.42 Å². The van der Waals surface area contributed by atoms with Gasteiger partial charge in [0.2, 0.25) is 5.91 Å². The molecule has 0 aliphatic rings. The number of amides is 1. The Morgan fingerprint density at radius 2 is 2.16 bits per heavy atom. The van der Waals surface area contributed by atoms with E-state index in [0.717, 1.165) is 29.7 Å². The highest BCUT2D eigenvalue weighted by Gasteiger charge is 2.13. The van der Waals surface area contributed by atoms with Gasteiger partial charge >= 0.3 is 0 Å². The van der Waals surface area contributed by atoms with Crippen molar-refractivity contribution in [3.63, 3.8) is 0 Å². The van der Waals surface area contributed by atoms with Crippen LogP contribution < -0.4 is 10.6 Å². The molecule has 2 N–H and O–H groups in total. The van der Waals surface area contributed by atoms with Crippen LogP contribution in [0, 0.1) is 0 Å². The van der Waals surface area contributed by atoms with Crippen LogP contribution in [0.3, 0.4) is 0 Å². The van der Waals surface area contributed by atoms with Crippen molar-refractivity contribution in [1.82, 2.24) is 10.6 Å². The first-order chi connectivity index (χ1) is 9.20. The number of hydrogen-bond donors (Lipinski definition) is 2. The summed E-state index contributed by atoms with van der Waals surface area (Å²) < 4.78 is 5.72. The monoisotopic (exact) mass is 260 g/mol. The summed E-state index contributed by atoms with van der Waals surface area (Å²) in [6.45, 7) is 5.20. The molecule has 1 atom stereocenters. The summed E-state index contributed by atoms with van der Waals surface area (Å²) in [6.07, 6.45) is 1.02. The largest absolute Gasteiger partial charge is 0.459 e. The molecule has 1 unspecified atom stereocenters. The maximum atomic E-state index is 11.7. The highest BCUT2D eigenvalue weighted by Crippen LogP contribution is 2.23. The molecule has 1 amide bonds. The third-order valence-corrected chi connectivity index (χ3v) is 2.96. The third kappa shape index (κ3) is 3.58. The van der Waals surface area contributed by atoms with Gasteiger partial charge in [-0.3, -0.25) is 4.79 Å². The quantitative estimate of drug-likeness (QED) is 0.785. The summed E-state index contributed by atoms with van der Waals surface area (Å²) >= 11 is 0. The summed E-state index contributed by atoms with van der Waals surface area (Å²) in [5.41, 5.74) is 0.850. The predicted octanol–water partition coefficient (Wildman–Crippen LogP) is 2.61. The molecule has 1 aromatic heterocycles. The second kappa shape index (κ2) is 6.38. The SMILES string of the molecule is CCCNCC(=O)NC(C)c1cc2ccccc2o1. The zero-order chi connectivity index (χ0) is 13.7. The third-order valence-electron chi connectivity index (χ3n) is 2.96. The topological polar surface area (TPSA) is 54.3 Å². The molecule has 19 heavy (non-hydrogen) atoms. The molecule has 0 saturated carbocycles. The molecule has 0 saturated heterocycles. The molecular weight excluding hydrogens is 240 g/mol. The number of furan rings is 1. The molecule has 0 spiro atoms. The molecule has 0 aliphatic carbocycles. The summed E-state index contributed by atoms with van der Waals surface area (Å²) in [6, 6.07) is 9.69. The molecular formula is C15H20N2O2. The Morgan fingerprint density at radius 3 is 2.89 bits per heavy atom. The van der Waals surface area contributed by atoms with E-state index >= 15 is 0 Å². The summed E-state index contributed by atoms with van der Waals surface area (Å²) in [5, 5.41) is 7.05. The lowest BCUT2D eigenvalue weighted by Gasteiger charge is -2.11. The van der Waals surface area contributed by atoms with Crippen LogP contribution in [0.1, 0.15) is 32.1 Å². The van der Waals surface area contributed by atoms with Gasteiger partial charge in [-0.05, 0) is 32.0 Å². The predicted molar refractivity (Wildman–Crippen MR) is 75.9 cm³/mol. The number of rotatable bonds is 6. The first-order valence-corrected chi connectivity index (χ1v) is 6.69. The zero-order valence-corrected chi connectivity index (χ0v) is 11.4. The van der Waals surface area contributed by atoms with E-state index in [1.165, 1.54) is 0 Å². The second-order valence-electron chi connectivity index (χ2n) is 4.65. The molecule has 2 aromatic rings. The summed E-state index contributed by atoms with van der Waals surface area (Å²) in [5.74, 6) is 0.770. The van der Waals surface area contributed by atoms with Gasteiger partial charge in [0.25, 0.3) is 0 Å². The van der Waals surface area contributed by atoms with Gasteiger partial charge in [-0.1, -0.05) is 25.1 Å². The fraction of sp³-hybridized carbons (Fsp3) is 0.400. The molecule has 0 radical (unpaired) electrons.